The van der Waals surface area contributed by atoms with Crippen molar-refractivity contribution in [3.05, 3.63) is 96.6 Å². The number of allylic oxidation sites excluding steroid dienone is 1. The lowest BCUT2D eigenvalue weighted by molar-refractivity contribution is -0.144. The number of amides is 2. The zero-order valence-electron chi connectivity index (χ0n) is 36.3. The van der Waals surface area contributed by atoms with Gasteiger partial charge in [-0.05, 0) is 98.9 Å². The second kappa shape index (κ2) is 16.7. The summed E-state index contributed by atoms with van der Waals surface area (Å²) in [6.45, 7) is 13.0. The van der Waals surface area contributed by atoms with E-state index in [1.807, 2.05) is 77.1 Å². The first kappa shape index (κ1) is 44.8. The summed E-state index contributed by atoms with van der Waals surface area (Å²) in [7, 11) is -3.94. The Morgan fingerprint density at radius 2 is 1.73 bits per heavy atom. The van der Waals surface area contributed by atoms with E-state index in [1.54, 1.807) is 6.07 Å². The topological polar surface area (TPSA) is 158 Å². The maximum absolute atomic E-state index is 15.0. The number of hydrogen-bond donors (Lipinski definition) is 1. The maximum Gasteiger partial charge on any atom is 0.416 e. The van der Waals surface area contributed by atoms with Crippen LogP contribution in [0.25, 0.3) is 33.5 Å². The highest BCUT2D eigenvalue weighted by Crippen LogP contribution is 2.57. The third-order valence-electron chi connectivity index (χ3n) is 12.5. The van der Waals surface area contributed by atoms with Crippen molar-refractivity contribution in [1.82, 2.24) is 19.6 Å². The van der Waals surface area contributed by atoms with Gasteiger partial charge in [0.2, 0.25) is 27.4 Å². The van der Waals surface area contributed by atoms with Crippen molar-refractivity contribution in [3.63, 3.8) is 0 Å². The number of fused-ring (bicyclic) bond motifs is 3. The van der Waals surface area contributed by atoms with Gasteiger partial charge in [-0.15, -0.1) is 6.58 Å². The number of rotatable bonds is 15. The van der Waals surface area contributed by atoms with E-state index < -0.39 is 79.4 Å². The predicted octanol–water partition coefficient (Wildman–Crippen LogP) is 8.86. The van der Waals surface area contributed by atoms with Crippen LogP contribution in [0.2, 0.25) is 0 Å². The molecule has 2 aliphatic carbocycles. The highest BCUT2D eigenvalue weighted by molar-refractivity contribution is 7.90. The third kappa shape index (κ3) is 9.11. The first-order chi connectivity index (χ1) is 30.2. The van der Waals surface area contributed by atoms with Gasteiger partial charge in [0.05, 0.1) is 34.9 Å². The molecule has 1 aliphatic heterocycles. The van der Waals surface area contributed by atoms with Gasteiger partial charge in [0.15, 0.2) is 11.6 Å². The van der Waals surface area contributed by atoms with Crippen LogP contribution in [0.3, 0.4) is 0 Å². The van der Waals surface area contributed by atoms with Crippen LogP contribution in [0.5, 0.6) is 11.6 Å². The molecule has 2 saturated carbocycles. The molecule has 1 N–H and O–H groups in total. The minimum atomic E-state index is -4.60. The first-order valence-corrected chi connectivity index (χ1v) is 23.0. The van der Waals surface area contributed by atoms with Crippen LogP contribution >= 0.6 is 0 Å². The van der Waals surface area contributed by atoms with Crippen LogP contribution in [-0.4, -0.2) is 70.9 Å². The van der Waals surface area contributed by atoms with Gasteiger partial charge in [-0.25, -0.2) is 13.4 Å². The molecule has 12 nitrogen and oxygen atoms in total. The number of carbonyl (C=O) groups excluding carboxylic acids is 3. The third-order valence-corrected chi connectivity index (χ3v) is 14.3. The molecule has 2 aromatic heterocycles. The number of aromatic nitrogens is 2. The van der Waals surface area contributed by atoms with E-state index in [2.05, 4.69) is 11.3 Å². The number of likely N-dealkylation sites (tertiary alicyclic amines) is 1. The molecule has 1 saturated heterocycles. The number of sulfonamides is 1. The van der Waals surface area contributed by atoms with Gasteiger partial charge in [-0.1, -0.05) is 57.2 Å². The van der Waals surface area contributed by atoms with Crippen LogP contribution in [0.4, 0.5) is 13.2 Å². The number of carbonyl (C=O) groups is 3. The Kier molecular flexibility index (Phi) is 11.7. The fourth-order valence-corrected chi connectivity index (χ4v) is 10.1. The van der Waals surface area contributed by atoms with E-state index in [-0.39, 0.29) is 49.8 Å². The molecule has 3 heterocycles. The van der Waals surface area contributed by atoms with E-state index in [4.69, 9.17) is 23.9 Å². The Balaban J connectivity index is 1.15. The van der Waals surface area contributed by atoms with Crippen LogP contribution < -0.4 is 14.2 Å². The fraction of sp³-hybridized carbons (Fsp3) is 0.438. The number of hydrogen-bond acceptors (Lipinski definition) is 10. The highest BCUT2D eigenvalue weighted by atomic mass is 32.2. The normalized spacial score (nSPS) is 21.8. The van der Waals surface area contributed by atoms with E-state index in [0.717, 1.165) is 12.1 Å². The number of Topliss-reactive ketones (excluding diaryl/α,β-unsaturated/α-hetero) is 1. The first-order valence-electron chi connectivity index (χ1n) is 21.5. The predicted molar refractivity (Wildman–Crippen MR) is 234 cm³/mol. The molecule has 338 valence electrons. The number of para-hydroxylation sites is 1. The zero-order chi connectivity index (χ0) is 45.9. The number of ketones is 1. The Morgan fingerprint density at radius 1 is 1.02 bits per heavy atom. The lowest BCUT2D eigenvalue weighted by atomic mass is 9.76. The van der Waals surface area contributed by atoms with Gasteiger partial charge in [0.25, 0.3) is 5.88 Å². The average Bonchev–Trinajstić information content (AvgIpc) is 4.14. The second-order valence-electron chi connectivity index (χ2n) is 18.6. The summed E-state index contributed by atoms with van der Waals surface area (Å²) in [5, 5.41) is 0.0362. The molecule has 16 heteroatoms. The lowest BCUT2D eigenvalue weighted by Gasteiger charge is -2.35. The summed E-state index contributed by atoms with van der Waals surface area (Å²) in [6, 6.07) is 18.3. The quantitative estimate of drug-likeness (QED) is 0.101. The molecular weight excluding hydrogens is 850 g/mol. The van der Waals surface area contributed by atoms with Crippen LogP contribution in [0, 0.1) is 22.7 Å². The van der Waals surface area contributed by atoms with Crippen molar-refractivity contribution in [2.75, 3.05) is 6.54 Å². The van der Waals surface area contributed by atoms with Crippen molar-refractivity contribution in [2.45, 2.75) is 103 Å². The van der Waals surface area contributed by atoms with E-state index in [1.165, 1.54) is 23.1 Å². The highest BCUT2D eigenvalue weighted by Gasteiger charge is 2.61. The average molecular weight is 901 g/mol. The van der Waals surface area contributed by atoms with Crippen LogP contribution in [0.1, 0.15) is 77.8 Å². The molecule has 5 aromatic rings. The zero-order valence-corrected chi connectivity index (χ0v) is 37.1. The van der Waals surface area contributed by atoms with Gasteiger partial charge in [-0.3, -0.25) is 19.1 Å². The van der Waals surface area contributed by atoms with Gasteiger partial charge in [0, 0.05) is 29.7 Å². The molecule has 3 fully saturated rings. The van der Waals surface area contributed by atoms with E-state index in [0.29, 0.717) is 52.0 Å². The van der Waals surface area contributed by atoms with Gasteiger partial charge in [-0.2, -0.15) is 18.2 Å². The van der Waals surface area contributed by atoms with Crippen molar-refractivity contribution in [1.29, 1.82) is 0 Å². The molecule has 0 spiro atoms. The minimum absolute atomic E-state index is 0.0376. The smallest absolute Gasteiger partial charge is 0.416 e. The molecule has 0 bridgehead atoms. The Hall–Kier alpha value is -5.77. The van der Waals surface area contributed by atoms with Crippen molar-refractivity contribution < 1.29 is 49.9 Å². The number of nitrogens with one attached hydrogen (secondary N) is 1. The molecule has 3 aliphatic rings. The number of nitrogens with zero attached hydrogens (tertiary/aromatic N) is 3. The molecule has 64 heavy (non-hydrogen) atoms. The Morgan fingerprint density at radius 3 is 2.38 bits per heavy atom. The Labute approximate surface area is 369 Å². The van der Waals surface area contributed by atoms with Crippen LogP contribution in [-0.2, 0) is 37.0 Å². The maximum atomic E-state index is 15.0. The number of ether oxygens (including phenoxy) is 2. The number of alkyl halides is 3. The molecule has 5 atom stereocenters. The van der Waals surface area contributed by atoms with E-state index >= 15 is 4.79 Å². The summed E-state index contributed by atoms with van der Waals surface area (Å²) >= 11 is 0. The van der Waals surface area contributed by atoms with Crippen molar-refractivity contribution >= 4 is 49.7 Å². The van der Waals surface area contributed by atoms with Crippen molar-refractivity contribution in [2.24, 2.45) is 22.7 Å². The molecule has 0 unspecified atom stereocenters. The molecule has 0 radical (unpaired) electrons. The second-order valence-corrected chi connectivity index (χ2v) is 20.6. The van der Waals surface area contributed by atoms with Crippen LogP contribution in [0.15, 0.2) is 89.9 Å². The Bertz CT molecular complexity index is 2740. The summed E-state index contributed by atoms with van der Waals surface area (Å²) in [4.78, 5) is 54.6. The lowest BCUT2D eigenvalue weighted by Crippen LogP contribution is -2.48. The SMILES string of the molecule is C=C[C@@H]1C[C@]1(CC(=O)[C@@H]1C[C@@H](Oc2nc(-c3ccc(OC(C)C)cc3)nc3c2oc2ccccc23)CN1C(=O)[C@@H](Cc1cccc(C(F)(F)F)c1)C(C)(C)C)C(=O)NS(=O)(=O)C1CC1. The number of halogens is 3. The fourth-order valence-electron chi connectivity index (χ4n) is 8.70. The van der Waals surface area contributed by atoms with Gasteiger partial charge >= 0.3 is 6.18 Å². The summed E-state index contributed by atoms with van der Waals surface area (Å²) in [6.07, 6.45) is -3.39. The minimum Gasteiger partial charge on any atom is -0.491 e. The molecule has 2 amide bonds. The van der Waals surface area contributed by atoms with E-state index in [9.17, 15) is 31.2 Å². The largest absolute Gasteiger partial charge is 0.491 e. The summed E-state index contributed by atoms with van der Waals surface area (Å²) in [5.74, 6) is -2.11. The molecular formula is C48H51F3N4O8S. The molecule has 3 aromatic carbocycles. The number of furan rings is 1. The standard InChI is InChI=1S/C48H51F3N4O8S/c1-7-30-24-47(30,45(58)54-64(59,60)34-19-20-34)25-38(56)37-23-33(26-55(37)44(57)36(46(4,5)6)22-28-11-10-12-31(21-28)48(49,50)51)62-43-41-40(35-13-8-9-14-39(35)63-41)52-42(53-43)29-15-17-32(18-16-29)61-27(2)3/h7-18,21,27,30,33-34,36-37H,1,19-20,22-26H2,2-6H3,(H,54,58)/t30-,33-,36-,37+,47-/m1/s1. The monoisotopic (exact) mass is 900 g/mol. The van der Waals surface area contributed by atoms with Gasteiger partial charge in [0.1, 0.15) is 23.0 Å². The number of benzene rings is 3. The molecule has 8 rings (SSSR count). The summed E-state index contributed by atoms with van der Waals surface area (Å²) < 4.78 is 88.2. The van der Waals surface area contributed by atoms with Crippen molar-refractivity contribution in [3.8, 4) is 23.0 Å². The van der Waals surface area contributed by atoms with Gasteiger partial charge < -0.3 is 18.8 Å². The summed E-state index contributed by atoms with van der Waals surface area (Å²) in [5.41, 5.74) is -0.837.